The summed E-state index contributed by atoms with van der Waals surface area (Å²) in [6, 6.07) is 5.83. The maximum atomic E-state index is 11.3. The van der Waals surface area contributed by atoms with Crippen molar-refractivity contribution in [3.8, 4) is 5.75 Å². The number of hydrogen-bond acceptors (Lipinski definition) is 3. The third kappa shape index (κ3) is 4.37. The third-order valence-corrected chi connectivity index (χ3v) is 2.80. The molecule has 8 heteroatoms. The molecule has 1 aromatic carbocycles. The standard InChI is InChI=1S/C11H13NO2.C2HF3O2/c1-8(13)12-6-5-9-7-10(14-2)3-4-11(9)12;3-2(4,5)1(6)7/h3-4,7H,5-6H2,1-2H3;(H,6,7). The van der Waals surface area contributed by atoms with E-state index in [0.717, 1.165) is 24.4 Å². The number of halogens is 3. The van der Waals surface area contributed by atoms with Gasteiger partial charge in [-0.3, -0.25) is 4.79 Å². The Balaban J connectivity index is 0.000000270. The van der Waals surface area contributed by atoms with Gasteiger partial charge >= 0.3 is 12.1 Å². The van der Waals surface area contributed by atoms with Gasteiger partial charge < -0.3 is 14.7 Å². The summed E-state index contributed by atoms with van der Waals surface area (Å²) in [6.45, 7) is 2.39. The molecule has 2 rings (SSSR count). The van der Waals surface area contributed by atoms with Crippen molar-refractivity contribution in [3.63, 3.8) is 0 Å². The fraction of sp³-hybridized carbons (Fsp3) is 0.385. The second-order valence-corrected chi connectivity index (χ2v) is 4.22. The normalized spacial score (nSPS) is 13.1. The minimum absolute atomic E-state index is 0.105. The molecule has 1 amide bonds. The fourth-order valence-corrected chi connectivity index (χ4v) is 1.83. The zero-order valence-electron chi connectivity index (χ0n) is 11.4. The van der Waals surface area contributed by atoms with E-state index in [4.69, 9.17) is 14.6 Å². The highest BCUT2D eigenvalue weighted by atomic mass is 19.4. The van der Waals surface area contributed by atoms with E-state index in [-0.39, 0.29) is 5.91 Å². The van der Waals surface area contributed by atoms with Crippen LogP contribution >= 0.6 is 0 Å². The number of anilines is 1. The van der Waals surface area contributed by atoms with Crippen LogP contribution in [0.5, 0.6) is 5.75 Å². The summed E-state index contributed by atoms with van der Waals surface area (Å²) in [4.78, 5) is 22.0. The summed E-state index contributed by atoms with van der Waals surface area (Å²) in [5.74, 6) is -1.80. The smallest absolute Gasteiger partial charge is 0.490 e. The van der Waals surface area contributed by atoms with Crippen LogP contribution in [0.2, 0.25) is 0 Å². The van der Waals surface area contributed by atoms with Crippen LogP contribution in [0.3, 0.4) is 0 Å². The molecule has 116 valence electrons. The maximum absolute atomic E-state index is 11.3. The van der Waals surface area contributed by atoms with E-state index in [1.54, 1.807) is 18.9 Å². The molecule has 0 unspecified atom stereocenters. The summed E-state index contributed by atoms with van der Waals surface area (Å²) in [6.07, 6.45) is -4.16. The SMILES string of the molecule is COc1ccc2c(c1)CCN2C(C)=O.O=C(O)C(F)(F)F. The molecule has 1 aromatic rings. The Morgan fingerprint density at radius 2 is 1.90 bits per heavy atom. The van der Waals surface area contributed by atoms with Crippen molar-refractivity contribution in [2.45, 2.75) is 19.5 Å². The highest BCUT2D eigenvalue weighted by Gasteiger charge is 2.38. The molecule has 0 spiro atoms. The van der Waals surface area contributed by atoms with E-state index in [0.29, 0.717) is 0 Å². The molecule has 0 bridgehead atoms. The van der Waals surface area contributed by atoms with Gasteiger partial charge in [0.2, 0.25) is 5.91 Å². The van der Waals surface area contributed by atoms with Crippen LogP contribution in [0.15, 0.2) is 18.2 Å². The predicted molar refractivity (Wildman–Crippen MR) is 68.4 cm³/mol. The van der Waals surface area contributed by atoms with Gasteiger partial charge in [-0.2, -0.15) is 13.2 Å². The lowest BCUT2D eigenvalue weighted by atomic mass is 10.1. The summed E-state index contributed by atoms with van der Waals surface area (Å²) in [7, 11) is 1.65. The Morgan fingerprint density at radius 1 is 1.33 bits per heavy atom. The van der Waals surface area contributed by atoms with Gasteiger partial charge in [-0.1, -0.05) is 0 Å². The lowest BCUT2D eigenvalue weighted by molar-refractivity contribution is -0.192. The Bertz CT molecular complexity index is 543. The second kappa shape index (κ2) is 6.47. The van der Waals surface area contributed by atoms with Gasteiger partial charge in [-0.05, 0) is 30.2 Å². The first-order chi connectivity index (χ1) is 9.66. The Kier molecular flexibility index (Phi) is 5.17. The van der Waals surface area contributed by atoms with Crippen molar-refractivity contribution >= 4 is 17.6 Å². The van der Waals surface area contributed by atoms with Gasteiger partial charge in [0.05, 0.1) is 7.11 Å². The molecule has 0 atom stereocenters. The molecule has 0 aliphatic carbocycles. The first-order valence-electron chi connectivity index (χ1n) is 5.92. The maximum Gasteiger partial charge on any atom is 0.490 e. The number of benzene rings is 1. The van der Waals surface area contributed by atoms with Crippen molar-refractivity contribution in [2.24, 2.45) is 0 Å². The van der Waals surface area contributed by atoms with Crippen LogP contribution in [0.25, 0.3) is 0 Å². The van der Waals surface area contributed by atoms with E-state index in [1.165, 1.54) is 5.56 Å². The lowest BCUT2D eigenvalue weighted by Crippen LogP contribution is -2.25. The van der Waals surface area contributed by atoms with Crippen LogP contribution in [0, 0.1) is 0 Å². The molecule has 0 radical (unpaired) electrons. The number of nitrogens with zero attached hydrogens (tertiary/aromatic N) is 1. The average Bonchev–Trinajstić information content (AvgIpc) is 2.80. The molecule has 0 fully saturated rings. The Labute approximate surface area is 118 Å². The number of rotatable bonds is 1. The number of carboxylic acid groups (broad SMARTS) is 1. The molecule has 1 heterocycles. The number of fused-ring (bicyclic) bond motifs is 1. The number of carbonyl (C=O) groups excluding carboxylic acids is 1. The number of methoxy groups -OCH3 is 1. The van der Waals surface area contributed by atoms with Crippen LogP contribution in [0.4, 0.5) is 18.9 Å². The summed E-state index contributed by atoms with van der Waals surface area (Å²) >= 11 is 0. The molecular formula is C13H14F3NO4. The van der Waals surface area contributed by atoms with Gasteiger partial charge in [0.15, 0.2) is 0 Å². The van der Waals surface area contributed by atoms with Gasteiger partial charge in [0, 0.05) is 19.2 Å². The van der Waals surface area contributed by atoms with E-state index < -0.39 is 12.1 Å². The second-order valence-electron chi connectivity index (χ2n) is 4.22. The Morgan fingerprint density at radius 3 is 2.33 bits per heavy atom. The van der Waals surface area contributed by atoms with E-state index in [9.17, 15) is 18.0 Å². The molecule has 0 aromatic heterocycles. The van der Waals surface area contributed by atoms with Crippen molar-refractivity contribution in [2.75, 3.05) is 18.6 Å². The molecule has 0 saturated carbocycles. The molecule has 1 aliphatic heterocycles. The minimum Gasteiger partial charge on any atom is -0.497 e. The number of hydrogen-bond donors (Lipinski definition) is 1. The molecule has 0 saturated heterocycles. The molecule has 21 heavy (non-hydrogen) atoms. The third-order valence-electron chi connectivity index (χ3n) is 2.80. The summed E-state index contributed by atoms with van der Waals surface area (Å²) in [5, 5.41) is 7.12. The van der Waals surface area contributed by atoms with Gasteiger partial charge in [0.25, 0.3) is 0 Å². The van der Waals surface area contributed by atoms with Crippen LogP contribution in [-0.4, -0.2) is 36.8 Å². The van der Waals surface area contributed by atoms with Crippen LogP contribution < -0.4 is 9.64 Å². The minimum atomic E-state index is -5.08. The summed E-state index contributed by atoms with van der Waals surface area (Å²) < 4.78 is 36.9. The summed E-state index contributed by atoms with van der Waals surface area (Å²) in [5.41, 5.74) is 2.22. The van der Waals surface area contributed by atoms with Crippen LogP contribution in [-0.2, 0) is 16.0 Å². The van der Waals surface area contributed by atoms with Crippen LogP contribution in [0.1, 0.15) is 12.5 Å². The largest absolute Gasteiger partial charge is 0.497 e. The fourth-order valence-electron chi connectivity index (χ4n) is 1.83. The number of carboxylic acids is 1. The van der Waals surface area contributed by atoms with E-state index in [1.807, 2.05) is 18.2 Å². The molecule has 5 nitrogen and oxygen atoms in total. The first-order valence-corrected chi connectivity index (χ1v) is 5.92. The highest BCUT2D eigenvalue weighted by Crippen LogP contribution is 2.30. The zero-order chi connectivity index (χ0) is 16.2. The molecule has 1 N–H and O–H groups in total. The van der Waals surface area contributed by atoms with Gasteiger partial charge in [-0.25, -0.2) is 4.79 Å². The average molecular weight is 305 g/mol. The monoisotopic (exact) mass is 305 g/mol. The Hall–Kier alpha value is -2.25. The number of alkyl halides is 3. The predicted octanol–water partition coefficient (Wildman–Crippen LogP) is 2.24. The van der Waals surface area contributed by atoms with Gasteiger partial charge in [0.1, 0.15) is 5.75 Å². The van der Waals surface area contributed by atoms with Crippen molar-refractivity contribution in [3.05, 3.63) is 23.8 Å². The zero-order valence-corrected chi connectivity index (χ0v) is 11.4. The van der Waals surface area contributed by atoms with E-state index in [2.05, 4.69) is 0 Å². The molecular weight excluding hydrogens is 291 g/mol. The number of ether oxygens (including phenoxy) is 1. The number of carbonyl (C=O) groups is 2. The van der Waals surface area contributed by atoms with Crippen molar-refractivity contribution < 1.29 is 32.6 Å². The van der Waals surface area contributed by atoms with Gasteiger partial charge in [-0.15, -0.1) is 0 Å². The highest BCUT2D eigenvalue weighted by molar-refractivity contribution is 5.93. The van der Waals surface area contributed by atoms with Crippen molar-refractivity contribution in [1.29, 1.82) is 0 Å². The number of aliphatic carboxylic acids is 1. The van der Waals surface area contributed by atoms with Crippen molar-refractivity contribution in [1.82, 2.24) is 0 Å². The number of amides is 1. The molecule has 1 aliphatic rings. The topological polar surface area (TPSA) is 66.8 Å². The van der Waals surface area contributed by atoms with E-state index >= 15 is 0 Å². The lowest BCUT2D eigenvalue weighted by Gasteiger charge is -2.14. The quantitative estimate of drug-likeness (QED) is 0.864. The first kappa shape index (κ1) is 16.8.